The molecule has 0 heterocycles. The maximum absolute atomic E-state index is 12.8. The lowest BCUT2D eigenvalue weighted by molar-refractivity contribution is -0.127. The van der Waals surface area contributed by atoms with Crippen LogP contribution in [0.4, 0.5) is 4.39 Å². The number of rotatable bonds is 8. The van der Waals surface area contributed by atoms with E-state index in [1.165, 1.54) is 12.1 Å². The van der Waals surface area contributed by atoms with Gasteiger partial charge in [-0.05, 0) is 62.2 Å². The lowest BCUT2D eigenvalue weighted by Gasteiger charge is -2.15. The number of benzene rings is 2. The molecule has 0 aromatic heterocycles. The second-order valence-corrected chi connectivity index (χ2v) is 5.33. The largest absolute Gasteiger partial charge is 0.494 e. The van der Waals surface area contributed by atoms with E-state index in [9.17, 15) is 9.18 Å². The van der Waals surface area contributed by atoms with E-state index in [1.807, 2.05) is 6.92 Å². The summed E-state index contributed by atoms with van der Waals surface area (Å²) in [6.45, 7) is 4.70. The molecule has 2 aromatic carbocycles. The second kappa shape index (κ2) is 8.91. The van der Waals surface area contributed by atoms with Gasteiger partial charge in [0.1, 0.15) is 17.3 Å². The minimum absolute atomic E-state index is 0.189. The highest BCUT2D eigenvalue weighted by molar-refractivity contribution is 5.80. The van der Waals surface area contributed by atoms with E-state index in [1.54, 1.807) is 43.3 Å². The molecule has 24 heavy (non-hydrogen) atoms. The number of halogens is 1. The molecule has 0 aliphatic heterocycles. The Morgan fingerprint density at radius 1 is 1.08 bits per heavy atom. The minimum atomic E-state index is -0.601. The van der Waals surface area contributed by atoms with E-state index >= 15 is 0 Å². The Morgan fingerprint density at radius 2 is 1.71 bits per heavy atom. The van der Waals surface area contributed by atoms with Crippen LogP contribution < -0.4 is 14.8 Å². The maximum Gasteiger partial charge on any atom is 0.260 e. The topological polar surface area (TPSA) is 47.6 Å². The predicted octanol–water partition coefficient (Wildman–Crippen LogP) is 3.35. The average Bonchev–Trinajstić information content (AvgIpc) is 2.58. The normalized spacial score (nSPS) is 11.6. The first-order valence-electron chi connectivity index (χ1n) is 8.00. The molecule has 0 saturated carbocycles. The molecule has 0 saturated heterocycles. The first-order valence-corrected chi connectivity index (χ1v) is 8.00. The van der Waals surface area contributed by atoms with Crippen molar-refractivity contribution in [2.24, 2.45) is 0 Å². The molecule has 0 bridgehead atoms. The van der Waals surface area contributed by atoms with Gasteiger partial charge in [0.15, 0.2) is 6.10 Å². The summed E-state index contributed by atoms with van der Waals surface area (Å²) in [5.74, 6) is 0.923. The molecule has 2 aromatic rings. The van der Waals surface area contributed by atoms with Gasteiger partial charge in [-0.25, -0.2) is 4.39 Å². The van der Waals surface area contributed by atoms with Crippen LogP contribution in [0.25, 0.3) is 0 Å². The molecular weight excluding hydrogens is 309 g/mol. The number of amides is 1. The van der Waals surface area contributed by atoms with Crippen molar-refractivity contribution in [3.8, 4) is 11.5 Å². The molecule has 2 rings (SSSR count). The van der Waals surface area contributed by atoms with Crippen LogP contribution >= 0.6 is 0 Å². The number of carbonyl (C=O) groups excluding carboxylic acids is 1. The van der Waals surface area contributed by atoms with Crippen molar-refractivity contribution in [3.63, 3.8) is 0 Å². The predicted molar refractivity (Wildman–Crippen MR) is 90.8 cm³/mol. The summed E-state index contributed by atoms with van der Waals surface area (Å²) in [4.78, 5) is 12.0. The van der Waals surface area contributed by atoms with Crippen LogP contribution in [0.5, 0.6) is 11.5 Å². The van der Waals surface area contributed by atoms with E-state index in [2.05, 4.69) is 5.32 Å². The van der Waals surface area contributed by atoms with Gasteiger partial charge in [0, 0.05) is 6.54 Å². The van der Waals surface area contributed by atoms with Crippen LogP contribution in [0.3, 0.4) is 0 Å². The third kappa shape index (κ3) is 5.57. The number of nitrogens with one attached hydrogen (secondary N) is 1. The van der Waals surface area contributed by atoms with E-state index in [-0.39, 0.29) is 11.7 Å². The fourth-order valence-corrected chi connectivity index (χ4v) is 2.16. The van der Waals surface area contributed by atoms with E-state index in [4.69, 9.17) is 9.47 Å². The molecule has 0 spiro atoms. The van der Waals surface area contributed by atoms with Gasteiger partial charge in [0.05, 0.1) is 6.61 Å². The van der Waals surface area contributed by atoms with Crippen molar-refractivity contribution in [2.45, 2.75) is 26.4 Å². The van der Waals surface area contributed by atoms with Crippen LogP contribution in [0, 0.1) is 5.82 Å². The molecular formula is C19H22FNO3. The first kappa shape index (κ1) is 17.8. The molecule has 1 atom stereocenters. The van der Waals surface area contributed by atoms with E-state index in [0.717, 1.165) is 11.3 Å². The number of carbonyl (C=O) groups is 1. The molecule has 0 fully saturated rings. The van der Waals surface area contributed by atoms with Crippen molar-refractivity contribution in [1.29, 1.82) is 0 Å². The second-order valence-electron chi connectivity index (χ2n) is 5.33. The lowest BCUT2D eigenvalue weighted by atomic mass is 10.1. The summed E-state index contributed by atoms with van der Waals surface area (Å²) in [5.41, 5.74) is 0.969. The molecule has 1 N–H and O–H groups in total. The third-order valence-electron chi connectivity index (χ3n) is 3.44. The van der Waals surface area contributed by atoms with Gasteiger partial charge < -0.3 is 14.8 Å². The minimum Gasteiger partial charge on any atom is -0.494 e. The van der Waals surface area contributed by atoms with Crippen molar-refractivity contribution < 1.29 is 18.7 Å². The Hall–Kier alpha value is -2.56. The summed E-state index contributed by atoms with van der Waals surface area (Å²) >= 11 is 0. The summed E-state index contributed by atoms with van der Waals surface area (Å²) in [6, 6.07) is 13.4. The summed E-state index contributed by atoms with van der Waals surface area (Å²) in [7, 11) is 0. The molecule has 1 unspecified atom stereocenters. The average molecular weight is 331 g/mol. The number of hydrogen-bond donors (Lipinski definition) is 1. The van der Waals surface area contributed by atoms with Gasteiger partial charge in [-0.15, -0.1) is 0 Å². The third-order valence-corrected chi connectivity index (χ3v) is 3.44. The first-order chi connectivity index (χ1) is 11.6. The van der Waals surface area contributed by atoms with Gasteiger partial charge in [-0.2, -0.15) is 0 Å². The Bertz CT molecular complexity index is 641. The smallest absolute Gasteiger partial charge is 0.260 e. The Labute approximate surface area is 141 Å². The van der Waals surface area contributed by atoms with Crippen LogP contribution in [0.2, 0.25) is 0 Å². The quantitative estimate of drug-likeness (QED) is 0.807. The lowest BCUT2D eigenvalue weighted by Crippen LogP contribution is -2.37. The Kier molecular flexibility index (Phi) is 6.61. The summed E-state index contributed by atoms with van der Waals surface area (Å²) in [5, 5.41) is 2.82. The van der Waals surface area contributed by atoms with Crippen molar-refractivity contribution in [2.75, 3.05) is 13.2 Å². The molecule has 4 nitrogen and oxygen atoms in total. The van der Waals surface area contributed by atoms with Gasteiger partial charge in [-0.3, -0.25) is 4.79 Å². The van der Waals surface area contributed by atoms with Gasteiger partial charge in [0.25, 0.3) is 5.91 Å². The standard InChI is InChI=1S/C19H22FNO3/c1-3-23-17-8-10-18(11-9-17)24-14(2)19(22)21-13-12-15-4-6-16(20)7-5-15/h4-11,14H,3,12-13H2,1-2H3,(H,21,22). The monoisotopic (exact) mass is 331 g/mol. The van der Waals surface area contributed by atoms with Gasteiger partial charge in [-0.1, -0.05) is 12.1 Å². The molecule has 0 aliphatic rings. The molecule has 0 aliphatic carbocycles. The fraction of sp³-hybridized carbons (Fsp3) is 0.316. The highest BCUT2D eigenvalue weighted by Gasteiger charge is 2.14. The molecule has 5 heteroatoms. The van der Waals surface area contributed by atoms with Crippen LogP contribution in [0.15, 0.2) is 48.5 Å². The highest BCUT2D eigenvalue weighted by Crippen LogP contribution is 2.18. The fourth-order valence-electron chi connectivity index (χ4n) is 2.16. The van der Waals surface area contributed by atoms with Crippen LogP contribution in [-0.4, -0.2) is 25.2 Å². The van der Waals surface area contributed by atoms with E-state index in [0.29, 0.717) is 25.3 Å². The maximum atomic E-state index is 12.8. The van der Waals surface area contributed by atoms with Crippen molar-refractivity contribution in [3.05, 3.63) is 59.9 Å². The highest BCUT2D eigenvalue weighted by atomic mass is 19.1. The molecule has 128 valence electrons. The zero-order chi connectivity index (χ0) is 17.4. The van der Waals surface area contributed by atoms with Crippen LogP contribution in [0.1, 0.15) is 19.4 Å². The Morgan fingerprint density at radius 3 is 2.33 bits per heavy atom. The van der Waals surface area contributed by atoms with Crippen molar-refractivity contribution in [1.82, 2.24) is 5.32 Å². The summed E-state index contributed by atoms with van der Waals surface area (Å²) < 4.78 is 23.8. The van der Waals surface area contributed by atoms with Crippen LogP contribution in [-0.2, 0) is 11.2 Å². The molecule has 1 amide bonds. The summed E-state index contributed by atoms with van der Waals surface area (Å²) in [6.07, 6.45) is 0.0399. The number of ether oxygens (including phenoxy) is 2. The van der Waals surface area contributed by atoms with Gasteiger partial charge >= 0.3 is 0 Å². The SMILES string of the molecule is CCOc1ccc(OC(C)C(=O)NCCc2ccc(F)cc2)cc1. The molecule has 0 radical (unpaired) electrons. The van der Waals surface area contributed by atoms with E-state index < -0.39 is 6.10 Å². The van der Waals surface area contributed by atoms with Crippen molar-refractivity contribution >= 4 is 5.91 Å². The number of hydrogen-bond acceptors (Lipinski definition) is 3. The van der Waals surface area contributed by atoms with Gasteiger partial charge in [0.2, 0.25) is 0 Å². The zero-order valence-electron chi connectivity index (χ0n) is 13.9. The zero-order valence-corrected chi connectivity index (χ0v) is 13.9. The Balaban J connectivity index is 1.76.